The van der Waals surface area contributed by atoms with Crippen molar-refractivity contribution in [2.45, 2.75) is 19.4 Å². The number of carboxylic acid groups (broad SMARTS) is 1. The standard InChI is InChI=1S/C15H17NO4S/c1-9-8-10-4-3-5-11(13(10)20-9)14(17)16-12(15(18)19)6-7-21-2/h3-5,8,12H,6-7H2,1-2H3,(H,16,17)(H,18,19)/t12-/m1/s1. The van der Waals surface area contributed by atoms with Crippen molar-refractivity contribution in [1.82, 2.24) is 5.32 Å². The van der Waals surface area contributed by atoms with E-state index in [9.17, 15) is 9.59 Å². The van der Waals surface area contributed by atoms with Gasteiger partial charge in [-0.25, -0.2) is 4.79 Å². The lowest BCUT2D eigenvalue weighted by atomic mass is 10.1. The molecule has 0 fully saturated rings. The van der Waals surface area contributed by atoms with Gasteiger partial charge in [0.25, 0.3) is 5.91 Å². The maximum Gasteiger partial charge on any atom is 0.326 e. The molecule has 0 aliphatic carbocycles. The van der Waals surface area contributed by atoms with Crippen molar-refractivity contribution in [2.24, 2.45) is 0 Å². The van der Waals surface area contributed by atoms with E-state index < -0.39 is 17.9 Å². The van der Waals surface area contributed by atoms with Crippen LogP contribution in [0.1, 0.15) is 22.5 Å². The molecule has 0 spiro atoms. The molecule has 0 unspecified atom stereocenters. The van der Waals surface area contributed by atoms with Crippen molar-refractivity contribution in [3.63, 3.8) is 0 Å². The zero-order valence-electron chi connectivity index (χ0n) is 11.9. The highest BCUT2D eigenvalue weighted by Crippen LogP contribution is 2.22. The number of carbonyl (C=O) groups is 2. The number of fused-ring (bicyclic) bond motifs is 1. The first-order chi connectivity index (χ1) is 10.0. The Bertz CT molecular complexity index is 665. The van der Waals surface area contributed by atoms with Gasteiger partial charge in [0.2, 0.25) is 0 Å². The maximum atomic E-state index is 12.3. The highest BCUT2D eigenvalue weighted by molar-refractivity contribution is 7.98. The topological polar surface area (TPSA) is 79.5 Å². The lowest BCUT2D eigenvalue weighted by Crippen LogP contribution is -2.41. The number of nitrogens with one attached hydrogen (secondary N) is 1. The number of thioether (sulfide) groups is 1. The van der Waals surface area contributed by atoms with E-state index in [1.165, 1.54) is 0 Å². The second-order valence-corrected chi connectivity index (χ2v) is 5.71. The fraction of sp³-hybridized carbons (Fsp3) is 0.333. The van der Waals surface area contributed by atoms with Crippen LogP contribution in [0, 0.1) is 6.92 Å². The van der Waals surface area contributed by atoms with E-state index in [1.807, 2.05) is 18.4 Å². The van der Waals surface area contributed by atoms with E-state index in [-0.39, 0.29) is 0 Å². The molecule has 0 aliphatic heterocycles. The van der Waals surface area contributed by atoms with Gasteiger partial charge in [0, 0.05) is 5.39 Å². The number of aliphatic carboxylic acids is 1. The molecule has 2 aromatic rings. The van der Waals surface area contributed by atoms with E-state index in [2.05, 4.69) is 5.32 Å². The number of rotatable bonds is 6. The quantitative estimate of drug-likeness (QED) is 0.857. The van der Waals surface area contributed by atoms with Crippen LogP contribution in [0.5, 0.6) is 0 Å². The smallest absolute Gasteiger partial charge is 0.326 e. The minimum atomic E-state index is -1.03. The first kappa shape index (κ1) is 15.4. The van der Waals surface area contributed by atoms with Crippen LogP contribution in [-0.4, -0.2) is 35.0 Å². The molecule has 1 atom stereocenters. The summed E-state index contributed by atoms with van der Waals surface area (Å²) in [5.74, 6) is -0.0764. The van der Waals surface area contributed by atoms with E-state index >= 15 is 0 Å². The number of aryl methyl sites for hydroxylation is 1. The molecule has 2 N–H and O–H groups in total. The van der Waals surface area contributed by atoms with Crippen LogP contribution in [0.25, 0.3) is 11.0 Å². The molecule has 1 aromatic carbocycles. The first-order valence-corrected chi connectivity index (χ1v) is 7.94. The summed E-state index contributed by atoms with van der Waals surface area (Å²) >= 11 is 1.54. The van der Waals surface area contributed by atoms with Crippen molar-refractivity contribution in [1.29, 1.82) is 0 Å². The summed E-state index contributed by atoms with van der Waals surface area (Å²) < 4.78 is 5.53. The van der Waals surface area contributed by atoms with Gasteiger partial charge >= 0.3 is 5.97 Å². The Morgan fingerprint density at radius 3 is 2.86 bits per heavy atom. The molecular formula is C15H17NO4S. The molecular weight excluding hydrogens is 290 g/mol. The zero-order valence-corrected chi connectivity index (χ0v) is 12.7. The van der Waals surface area contributed by atoms with E-state index in [0.29, 0.717) is 29.1 Å². The number of hydrogen-bond acceptors (Lipinski definition) is 4. The summed E-state index contributed by atoms with van der Waals surface area (Å²) in [6, 6.07) is 6.19. The summed E-state index contributed by atoms with van der Waals surface area (Å²) in [5.41, 5.74) is 0.845. The van der Waals surface area contributed by atoms with Crippen LogP contribution in [-0.2, 0) is 4.79 Å². The Labute approximate surface area is 126 Å². The van der Waals surface area contributed by atoms with Gasteiger partial charge in [0.05, 0.1) is 5.56 Å². The Kier molecular flexibility index (Phi) is 4.90. The molecule has 2 rings (SSSR count). The molecule has 21 heavy (non-hydrogen) atoms. The Morgan fingerprint density at radius 2 is 2.19 bits per heavy atom. The van der Waals surface area contributed by atoms with Gasteiger partial charge in [-0.2, -0.15) is 11.8 Å². The molecule has 0 saturated heterocycles. The Balaban J connectivity index is 2.23. The van der Waals surface area contributed by atoms with Gasteiger partial charge in [-0.15, -0.1) is 0 Å². The first-order valence-electron chi connectivity index (χ1n) is 6.54. The van der Waals surface area contributed by atoms with Gasteiger partial charge in [-0.1, -0.05) is 12.1 Å². The molecule has 0 saturated carbocycles. The summed E-state index contributed by atoms with van der Waals surface area (Å²) in [4.78, 5) is 23.5. The molecule has 1 aromatic heterocycles. The molecule has 112 valence electrons. The largest absolute Gasteiger partial charge is 0.480 e. The van der Waals surface area contributed by atoms with Crippen LogP contribution in [0.4, 0.5) is 0 Å². The summed E-state index contributed by atoms with van der Waals surface area (Å²) in [6.45, 7) is 1.81. The summed E-state index contributed by atoms with van der Waals surface area (Å²) in [7, 11) is 0. The number of benzene rings is 1. The van der Waals surface area contributed by atoms with Gasteiger partial charge in [-0.3, -0.25) is 4.79 Å². The predicted octanol–water partition coefficient (Wildman–Crippen LogP) is 2.68. The minimum Gasteiger partial charge on any atom is -0.480 e. The molecule has 0 radical (unpaired) electrons. The number of carbonyl (C=O) groups excluding carboxylic acids is 1. The monoisotopic (exact) mass is 307 g/mol. The van der Waals surface area contributed by atoms with Gasteiger partial charge in [0.15, 0.2) is 0 Å². The Hall–Kier alpha value is -1.95. The molecule has 0 aliphatic rings. The fourth-order valence-electron chi connectivity index (χ4n) is 2.10. The lowest BCUT2D eigenvalue weighted by molar-refractivity contribution is -0.139. The molecule has 6 heteroatoms. The van der Waals surface area contributed by atoms with Crippen molar-refractivity contribution in [3.05, 3.63) is 35.6 Å². The van der Waals surface area contributed by atoms with Crippen LogP contribution in [0.15, 0.2) is 28.7 Å². The van der Waals surface area contributed by atoms with E-state index in [4.69, 9.17) is 9.52 Å². The third-order valence-corrected chi connectivity index (χ3v) is 3.77. The summed E-state index contributed by atoms with van der Waals surface area (Å²) in [6.07, 6.45) is 2.28. The average Bonchev–Trinajstić information content (AvgIpc) is 2.82. The zero-order chi connectivity index (χ0) is 15.4. The van der Waals surface area contributed by atoms with Crippen LogP contribution in [0.2, 0.25) is 0 Å². The van der Waals surface area contributed by atoms with Crippen LogP contribution < -0.4 is 5.32 Å². The van der Waals surface area contributed by atoms with Crippen LogP contribution >= 0.6 is 11.8 Å². The maximum absolute atomic E-state index is 12.3. The fourth-order valence-corrected chi connectivity index (χ4v) is 2.57. The number of amides is 1. The number of carboxylic acids is 1. The minimum absolute atomic E-state index is 0.357. The normalized spacial score (nSPS) is 12.3. The van der Waals surface area contributed by atoms with E-state index in [1.54, 1.807) is 30.8 Å². The average molecular weight is 307 g/mol. The summed E-state index contributed by atoms with van der Waals surface area (Å²) in [5, 5.41) is 12.6. The van der Waals surface area contributed by atoms with Gasteiger partial charge in [-0.05, 0) is 37.5 Å². The molecule has 0 bridgehead atoms. The number of furan rings is 1. The number of hydrogen-bond donors (Lipinski definition) is 2. The van der Waals surface area contributed by atoms with E-state index in [0.717, 1.165) is 5.39 Å². The Morgan fingerprint density at radius 1 is 1.43 bits per heavy atom. The lowest BCUT2D eigenvalue weighted by Gasteiger charge is -2.14. The highest BCUT2D eigenvalue weighted by Gasteiger charge is 2.22. The van der Waals surface area contributed by atoms with Gasteiger partial charge in [0.1, 0.15) is 17.4 Å². The second kappa shape index (κ2) is 6.67. The highest BCUT2D eigenvalue weighted by atomic mass is 32.2. The van der Waals surface area contributed by atoms with Crippen molar-refractivity contribution < 1.29 is 19.1 Å². The third-order valence-electron chi connectivity index (χ3n) is 3.13. The second-order valence-electron chi connectivity index (χ2n) is 4.73. The third kappa shape index (κ3) is 3.58. The van der Waals surface area contributed by atoms with Crippen molar-refractivity contribution >= 4 is 34.6 Å². The van der Waals surface area contributed by atoms with Crippen molar-refractivity contribution in [3.8, 4) is 0 Å². The SMILES string of the molecule is CSCC[C@@H](NC(=O)c1cccc2cc(C)oc12)C(=O)O. The van der Waals surface area contributed by atoms with Crippen molar-refractivity contribution in [2.75, 3.05) is 12.0 Å². The molecule has 1 amide bonds. The van der Waals surface area contributed by atoms with Crippen LogP contribution in [0.3, 0.4) is 0 Å². The number of para-hydroxylation sites is 1. The van der Waals surface area contributed by atoms with Gasteiger partial charge < -0.3 is 14.8 Å². The molecule has 1 heterocycles. The molecule has 5 nitrogen and oxygen atoms in total. The predicted molar refractivity (Wildman–Crippen MR) is 82.8 cm³/mol.